The second-order valence-electron chi connectivity index (χ2n) is 3.58. The fraction of sp³-hybridized carbons (Fsp3) is 0.0833. The number of nitrogens with zero attached hydrogens (tertiary/aromatic N) is 1. The van der Waals surface area contributed by atoms with E-state index in [1.54, 1.807) is 6.07 Å². The van der Waals surface area contributed by atoms with Crippen LogP contribution in [0.2, 0.25) is 5.02 Å². The molecule has 0 amide bonds. The fourth-order valence-corrected chi connectivity index (χ4v) is 1.61. The zero-order valence-electron chi connectivity index (χ0n) is 9.54. The Kier molecular flexibility index (Phi) is 3.82. The van der Waals surface area contributed by atoms with Gasteiger partial charge in [-0.25, -0.2) is 0 Å². The molecule has 0 spiro atoms. The van der Waals surface area contributed by atoms with Gasteiger partial charge in [-0.05, 0) is 24.3 Å². The molecule has 0 bridgehead atoms. The van der Waals surface area contributed by atoms with E-state index in [1.165, 1.54) is 24.3 Å². The van der Waals surface area contributed by atoms with Gasteiger partial charge in [0.15, 0.2) is 17.8 Å². The average molecular weight is 282 g/mol. The summed E-state index contributed by atoms with van der Waals surface area (Å²) in [5.74, 6) is 0.647. The smallest absolute Gasteiger partial charge is 0.312 e. The average Bonchev–Trinajstić information content (AvgIpc) is 2.85. The summed E-state index contributed by atoms with van der Waals surface area (Å²) in [5.41, 5.74) is -0.227. The van der Waals surface area contributed by atoms with Crippen LogP contribution in [0.3, 0.4) is 0 Å². The SMILES string of the molecule is O=Cc1ccc(COc2ccc(Cl)cc2[N+](=O)[O-])o1. The standard InChI is InChI=1S/C12H8ClNO5/c13-8-1-4-12(11(5-8)14(16)17)18-7-10-3-2-9(6-15)19-10/h1-6H,7H2. The number of furan rings is 1. The highest BCUT2D eigenvalue weighted by atomic mass is 35.5. The lowest BCUT2D eigenvalue weighted by Gasteiger charge is -2.05. The van der Waals surface area contributed by atoms with Gasteiger partial charge in [0, 0.05) is 11.1 Å². The molecule has 7 heteroatoms. The molecule has 6 nitrogen and oxygen atoms in total. The molecule has 98 valence electrons. The lowest BCUT2D eigenvalue weighted by atomic mass is 10.3. The minimum Gasteiger partial charge on any atom is -0.479 e. The van der Waals surface area contributed by atoms with Gasteiger partial charge in [0.1, 0.15) is 12.4 Å². The zero-order valence-corrected chi connectivity index (χ0v) is 10.3. The van der Waals surface area contributed by atoms with Crippen LogP contribution in [0, 0.1) is 10.1 Å². The molecule has 1 heterocycles. The van der Waals surface area contributed by atoms with Gasteiger partial charge in [0.2, 0.25) is 0 Å². The number of rotatable bonds is 5. The van der Waals surface area contributed by atoms with Crippen molar-refractivity contribution < 1.29 is 18.9 Å². The van der Waals surface area contributed by atoms with Crippen LogP contribution < -0.4 is 4.74 Å². The normalized spacial score (nSPS) is 10.2. The summed E-state index contributed by atoms with van der Waals surface area (Å²) < 4.78 is 10.4. The van der Waals surface area contributed by atoms with Gasteiger partial charge >= 0.3 is 5.69 Å². The molecule has 0 unspecified atom stereocenters. The molecule has 0 fully saturated rings. The van der Waals surface area contributed by atoms with Gasteiger partial charge < -0.3 is 9.15 Å². The number of halogens is 1. The number of hydrogen-bond donors (Lipinski definition) is 0. The number of carbonyl (C=O) groups is 1. The minimum absolute atomic E-state index is 0.0175. The van der Waals surface area contributed by atoms with Gasteiger partial charge in [-0.3, -0.25) is 14.9 Å². The first-order valence-electron chi connectivity index (χ1n) is 5.21. The van der Waals surface area contributed by atoms with Crippen molar-refractivity contribution in [2.45, 2.75) is 6.61 Å². The Labute approximate surface area is 112 Å². The van der Waals surface area contributed by atoms with E-state index in [9.17, 15) is 14.9 Å². The third-order valence-corrected chi connectivity index (χ3v) is 2.52. The van der Waals surface area contributed by atoms with Crippen molar-refractivity contribution in [3.8, 4) is 5.75 Å². The predicted octanol–water partition coefficient (Wildman–Crippen LogP) is 3.23. The Hall–Kier alpha value is -2.34. The van der Waals surface area contributed by atoms with E-state index in [2.05, 4.69) is 0 Å². The maximum absolute atomic E-state index is 10.8. The molecule has 1 aromatic heterocycles. The lowest BCUT2D eigenvalue weighted by molar-refractivity contribution is -0.385. The monoisotopic (exact) mass is 281 g/mol. The Bertz CT molecular complexity index is 622. The molecule has 0 radical (unpaired) electrons. The van der Waals surface area contributed by atoms with Crippen LogP contribution in [0.5, 0.6) is 5.75 Å². The number of carbonyl (C=O) groups excluding carboxylic acids is 1. The topological polar surface area (TPSA) is 82.6 Å². The third kappa shape index (κ3) is 3.11. The predicted molar refractivity (Wildman–Crippen MR) is 66.5 cm³/mol. The highest BCUT2D eigenvalue weighted by Crippen LogP contribution is 2.30. The van der Waals surface area contributed by atoms with Gasteiger partial charge in [0.25, 0.3) is 0 Å². The van der Waals surface area contributed by atoms with Gasteiger partial charge in [-0.2, -0.15) is 0 Å². The summed E-state index contributed by atoms with van der Waals surface area (Å²) in [6.07, 6.45) is 0.564. The van der Waals surface area contributed by atoms with Gasteiger partial charge in [0.05, 0.1) is 4.92 Å². The number of benzene rings is 1. The third-order valence-electron chi connectivity index (χ3n) is 2.29. The summed E-state index contributed by atoms with van der Waals surface area (Å²) in [6, 6.07) is 7.15. The first-order valence-corrected chi connectivity index (χ1v) is 5.58. The second kappa shape index (κ2) is 5.53. The van der Waals surface area contributed by atoms with E-state index in [-0.39, 0.29) is 28.8 Å². The van der Waals surface area contributed by atoms with Crippen LogP contribution in [-0.2, 0) is 6.61 Å². The lowest BCUT2D eigenvalue weighted by Crippen LogP contribution is -1.98. The van der Waals surface area contributed by atoms with Crippen molar-refractivity contribution in [2.24, 2.45) is 0 Å². The van der Waals surface area contributed by atoms with E-state index in [0.29, 0.717) is 12.0 Å². The van der Waals surface area contributed by atoms with Crippen molar-refractivity contribution in [1.29, 1.82) is 0 Å². The van der Waals surface area contributed by atoms with Crippen molar-refractivity contribution in [2.75, 3.05) is 0 Å². The maximum Gasteiger partial charge on any atom is 0.312 e. The number of ether oxygens (including phenoxy) is 1. The summed E-state index contributed by atoms with van der Waals surface area (Å²) in [6.45, 7) is -0.0175. The van der Waals surface area contributed by atoms with E-state index >= 15 is 0 Å². The molecule has 0 atom stereocenters. The van der Waals surface area contributed by atoms with Gasteiger partial charge in [-0.1, -0.05) is 11.6 Å². The van der Waals surface area contributed by atoms with Crippen LogP contribution in [-0.4, -0.2) is 11.2 Å². The largest absolute Gasteiger partial charge is 0.479 e. The number of nitro groups is 1. The Balaban J connectivity index is 2.14. The van der Waals surface area contributed by atoms with Crippen LogP contribution in [0.1, 0.15) is 16.3 Å². The first-order chi connectivity index (χ1) is 9.10. The molecule has 0 aliphatic rings. The first kappa shape index (κ1) is 13.1. The van der Waals surface area contributed by atoms with Crippen LogP contribution in [0.4, 0.5) is 5.69 Å². The maximum atomic E-state index is 10.8. The highest BCUT2D eigenvalue weighted by molar-refractivity contribution is 6.30. The Morgan fingerprint density at radius 2 is 2.16 bits per heavy atom. The fourth-order valence-electron chi connectivity index (χ4n) is 1.44. The number of nitro benzene ring substituents is 1. The molecule has 0 N–H and O–H groups in total. The number of hydrogen-bond acceptors (Lipinski definition) is 5. The number of aldehydes is 1. The molecule has 0 saturated carbocycles. The molecule has 1 aromatic carbocycles. The van der Waals surface area contributed by atoms with Gasteiger partial charge in [-0.15, -0.1) is 0 Å². The molecular formula is C12H8ClNO5. The van der Waals surface area contributed by atoms with Crippen LogP contribution in [0.25, 0.3) is 0 Å². The summed E-state index contributed by atoms with van der Waals surface area (Å²) in [5, 5.41) is 11.1. The van der Waals surface area contributed by atoms with Crippen molar-refractivity contribution in [3.63, 3.8) is 0 Å². The molecule has 2 rings (SSSR count). The molecule has 19 heavy (non-hydrogen) atoms. The van der Waals surface area contributed by atoms with E-state index in [1.807, 2.05) is 0 Å². The van der Waals surface area contributed by atoms with Crippen LogP contribution in [0.15, 0.2) is 34.7 Å². The molecule has 2 aromatic rings. The van der Waals surface area contributed by atoms with Crippen molar-refractivity contribution in [3.05, 3.63) is 57.0 Å². The molecule has 0 aliphatic carbocycles. The summed E-state index contributed by atoms with van der Waals surface area (Å²) >= 11 is 5.68. The summed E-state index contributed by atoms with van der Waals surface area (Å²) in [4.78, 5) is 20.7. The Morgan fingerprint density at radius 1 is 1.37 bits per heavy atom. The van der Waals surface area contributed by atoms with E-state index in [4.69, 9.17) is 20.8 Å². The molecule has 0 saturated heterocycles. The zero-order chi connectivity index (χ0) is 13.8. The van der Waals surface area contributed by atoms with E-state index < -0.39 is 4.92 Å². The van der Waals surface area contributed by atoms with Crippen molar-refractivity contribution >= 4 is 23.6 Å². The highest BCUT2D eigenvalue weighted by Gasteiger charge is 2.16. The van der Waals surface area contributed by atoms with E-state index in [0.717, 1.165) is 0 Å². The van der Waals surface area contributed by atoms with Crippen LogP contribution >= 0.6 is 11.6 Å². The second-order valence-corrected chi connectivity index (χ2v) is 4.02. The Morgan fingerprint density at radius 3 is 2.79 bits per heavy atom. The minimum atomic E-state index is -0.583. The summed E-state index contributed by atoms with van der Waals surface area (Å²) in [7, 11) is 0. The quantitative estimate of drug-likeness (QED) is 0.477. The molecule has 0 aliphatic heterocycles. The molecular weight excluding hydrogens is 274 g/mol. The van der Waals surface area contributed by atoms with Crippen molar-refractivity contribution in [1.82, 2.24) is 0 Å².